The number of amides is 1. The molecule has 0 saturated carbocycles. The van der Waals surface area contributed by atoms with Crippen LogP contribution < -0.4 is 19.5 Å². The normalized spacial score (nSPS) is 20.1. The van der Waals surface area contributed by atoms with E-state index in [9.17, 15) is 9.90 Å². The van der Waals surface area contributed by atoms with Crippen molar-refractivity contribution in [2.24, 2.45) is 0 Å². The molecule has 146 valence electrons. The van der Waals surface area contributed by atoms with E-state index in [1.807, 2.05) is 36.4 Å². The predicted octanol–water partition coefficient (Wildman–Crippen LogP) is 2.78. The fourth-order valence-corrected chi connectivity index (χ4v) is 3.73. The summed E-state index contributed by atoms with van der Waals surface area (Å²) in [6, 6.07) is 11.2. The molecule has 1 aliphatic carbocycles. The third-order valence-corrected chi connectivity index (χ3v) is 5.23. The van der Waals surface area contributed by atoms with Crippen LogP contribution in [0.2, 0.25) is 0 Å². The Hall–Kier alpha value is -2.99. The molecule has 6 heteroatoms. The van der Waals surface area contributed by atoms with Crippen LogP contribution in [0.3, 0.4) is 0 Å². The molecule has 1 unspecified atom stereocenters. The van der Waals surface area contributed by atoms with Crippen molar-refractivity contribution in [3.8, 4) is 17.2 Å². The van der Waals surface area contributed by atoms with E-state index in [1.54, 1.807) is 13.2 Å². The molecule has 1 amide bonds. The first-order valence-corrected chi connectivity index (χ1v) is 9.33. The molecule has 0 fully saturated rings. The van der Waals surface area contributed by atoms with Gasteiger partial charge in [-0.3, -0.25) is 4.79 Å². The van der Waals surface area contributed by atoms with Crippen molar-refractivity contribution in [2.45, 2.75) is 24.9 Å². The van der Waals surface area contributed by atoms with Crippen molar-refractivity contribution in [2.75, 3.05) is 20.4 Å². The van der Waals surface area contributed by atoms with Gasteiger partial charge in [-0.15, -0.1) is 0 Å². The fourth-order valence-electron chi connectivity index (χ4n) is 3.73. The second-order valence-corrected chi connectivity index (χ2v) is 7.07. The van der Waals surface area contributed by atoms with Crippen LogP contribution in [0.25, 0.3) is 6.08 Å². The van der Waals surface area contributed by atoms with Gasteiger partial charge in [-0.25, -0.2) is 0 Å². The number of carbonyl (C=O) groups excluding carboxylic acids is 1. The van der Waals surface area contributed by atoms with Crippen LogP contribution in [-0.4, -0.2) is 31.5 Å². The summed E-state index contributed by atoms with van der Waals surface area (Å²) in [5.41, 5.74) is 1.70. The number of hydrogen-bond donors (Lipinski definition) is 2. The Morgan fingerprint density at radius 1 is 1.25 bits per heavy atom. The van der Waals surface area contributed by atoms with E-state index in [-0.39, 0.29) is 19.2 Å². The first-order valence-electron chi connectivity index (χ1n) is 9.33. The molecule has 4 rings (SSSR count). The van der Waals surface area contributed by atoms with Crippen LogP contribution in [-0.2, 0) is 16.8 Å². The number of methoxy groups -OCH3 is 1. The number of nitrogens with one attached hydrogen (secondary N) is 1. The number of aryl methyl sites for hydroxylation is 1. The zero-order valence-electron chi connectivity index (χ0n) is 15.7. The number of ether oxygens (including phenoxy) is 3. The van der Waals surface area contributed by atoms with Crippen LogP contribution in [0.15, 0.2) is 42.5 Å². The maximum absolute atomic E-state index is 12.3. The summed E-state index contributed by atoms with van der Waals surface area (Å²) in [4.78, 5) is 12.3. The minimum atomic E-state index is -1.07. The maximum atomic E-state index is 12.3. The van der Waals surface area contributed by atoms with E-state index in [2.05, 4.69) is 5.32 Å². The second-order valence-electron chi connectivity index (χ2n) is 7.07. The number of carbonyl (C=O) groups is 1. The highest BCUT2D eigenvalue weighted by molar-refractivity contribution is 5.91. The largest absolute Gasteiger partial charge is 0.497 e. The molecular formula is C22H23NO5. The van der Waals surface area contributed by atoms with Gasteiger partial charge in [-0.1, -0.05) is 12.1 Å². The zero-order chi connectivity index (χ0) is 19.6. The molecule has 0 aromatic heterocycles. The summed E-state index contributed by atoms with van der Waals surface area (Å²) in [6.45, 7) is 0.381. The lowest BCUT2D eigenvalue weighted by molar-refractivity contribution is -0.118. The van der Waals surface area contributed by atoms with E-state index in [1.165, 1.54) is 6.08 Å². The minimum absolute atomic E-state index is 0.163. The van der Waals surface area contributed by atoms with Gasteiger partial charge in [0.15, 0.2) is 11.5 Å². The van der Waals surface area contributed by atoms with E-state index in [4.69, 9.17) is 14.2 Å². The average Bonchev–Trinajstić information content (AvgIpc) is 3.18. The van der Waals surface area contributed by atoms with Crippen LogP contribution in [0.4, 0.5) is 0 Å². The molecule has 1 heterocycles. The van der Waals surface area contributed by atoms with Gasteiger partial charge in [0.05, 0.1) is 13.7 Å². The third kappa shape index (κ3) is 3.68. The number of fused-ring (bicyclic) bond motifs is 2. The molecule has 2 aromatic rings. The molecule has 0 spiro atoms. The molecule has 1 atom stereocenters. The Morgan fingerprint density at radius 3 is 2.96 bits per heavy atom. The summed E-state index contributed by atoms with van der Waals surface area (Å²) in [6.07, 6.45) is 5.53. The Bertz CT molecular complexity index is 923. The molecular weight excluding hydrogens is 358 g/mol. The molecule has 0 radical (unpaired) electrons. The molecule has 0 bridgehead atoms. The molecule has 2 aliphatic rings. The minimum Gasteiger partial charge on any atom is -0.497 e. The summed E-state index contributed by atoms with van der Waals surface area (Å²) >= 11 is 0. The van der Waals surface area contributed by atoms with Crippen molar-refractivity contribution in [1.29, 1.82) is 0 Å². The smallest absolute Gasteiger partial charge is 0.244 e. The third-order valence-electron chi connectivity index (χ3n) is 5.23. The van der Waals surface area contributed by atoms with E-state index < -0.39 is 5.60 Å². The van der Waals surface area contributed by atoms with Gasteiger partial charge in [0.1, 0.15) is 11.4 Å². The summed E-state index contributed by atoms with van der Waals surface area (Å²) in [7, 11) is 1.63. The number of rotatable bonds is 5. The van der Waals surface area contributed by atoms with Gasteiger partial charge in [-0.05, 0) is 66.3 Å². The highest BCUT2D eigenvalue weighted by Crippen LogP contribution is 2.36. The number of hydrogen-bond acceptors (Lipinski definition) is 5. The van der Waals surface area contributed by atoms with E-state index in [0.717, 1.165) is 35.3 Å². The van der Waals surface area contributed by atoms with Gasteiger partial charge in [0.2, 0.25) is 12.7 Å². The summed E-state index contributed by atoms with van der Waals surface area (Å²) in [5.74, 6) is 1.90. The van der Waals surface area contributed by atoms with Crippen LogP contribution in [0.1, 0.15) is 29.5 Å². The second kappa shape index (κ2) is 7.56. The lowest BCUT2D eigenvalue weighted by Crippen LogP contribution is -2.42. The summed E-state index contributed by atoms with van der Waals surface area (Å²) in [5, 5.41) is 13.9. The van der Waals surface area contributed by atoms with Crippen molar-refractivity contribution in [1.82, 2.24) is 5.32 Å². The maximum Gasteiger partial charge on any atom is 0.244 e. The first kappa shape index (κ1) is 18.4. The SMILES string of the molecule is COc1ccc2c(c1)CCCC2(O)CNC(=O)C=Cc1ccc2c(c1)OCO2. The average molecular weight is 381 g/mol. The molecule has 2 aromatic carbocycles. The van der Waals surface area contributed by atoms with Crippen molar-refractivity contribution in [3.05, 3.63) is 59.2 Å². The number of benzene rings is 2. The molecule has 1 aliphatic heterocycles. The van der Waals surface area contributed by atoms with E-state index in [0.29, 0.717) is 17.9 Å². The van der Waals surface area contributed by atoms with Crippen LogP contribution in [0.5, 0.6) is 17.2 Å². The fraction of sp³-hybridized carbons (Fsp3) is 0.318. The Balaban J connectivity index is 1.41. The Morgan fingerprint density at radius 2 is 2.11 bits per heavy atom. The van der Waals surface area contributed by atoms with Gasteiger partial charge in [0.25, 0.3) is 0 Å². The quantitative estimate of drug-likeness (QED) is 0.779. The van der Waals surface area contributed by atoms with Crippen molar-refractivity contribution < 1.29 is 24.1 Å². The van der Waals surface area contributed by atoms with Gasteiger partial charge in [-0.2, -0.15) is 0 Å². The first-order chi connectivity index (χ1) is 13.6. The topological polar surface area (TPSA) is 77.0 Å². The lowest BCUT2D eigenvalue weighted by Gasteiger charge is -2.34. The molecule has 2 N–H and O–H groups in total. The van der Waals surface area contributed by atoms with Crippen molar-refractivity contribution in [3.63, 3.8) is 0 Å². The highest BCUT2D eigenvalue weighted by atomic mass is 16.7. The standard InChI is InChI=1S/C22H23NO5/c1-26-17-6-7-18-16(12-17)3-2-10-22(18,25)13-23-21(24)9-5-15-4-8-19-20(11-15)28-14-27-19/h4-9,11-12,25H,2-3,10,13-14H2,1H3,(H,23,24). The molecule has 28 heavy (non-hydrogen) atoms. The Labute approximate surface area is 163 Å². The summed E-state index contributed by atoms with van der Waals surface area (Å²) < 4.78 is 15.9. The van der Waals surface area contributed by atoms with Gasteiger partial charge >= 0.3 is 0 Å². The predicted molar refractivity (Wildman–Crippen MR) is 104 cm³/mol. The van der Waals surface area contributed by atoms with Crippen LogP contribution >= 0.6 is 0 Å². The van der Waals surface area contributed by atoms with Crippen LogP contribution in [0, 0.1) is 0 Å². The number of aliphatic hydroxyl groups is 1. The van der Waals surface area contributed by atoms with Gasteiger partial charge in [0, 0.05) is 6.08 Å². The zero-order valence-corrected chi connectivity index (χ0v) is 15.7. The highest BCUT2D eigenvalue weighted by Gasteiger charge is 2.34. The monoisotopic (exact) mass is 381 g/mol. The van der Waals surface area contributed by atoms with Gasteiger partial charge < -0.3 is 24.6 Å². The lowest BCUT2D eigenvalue weighted by atomic mass is 9.79. The molecule has 0 saturated heterocycles. The van der Waals surface area contributed by atoms with Crippen molar-refractivity contribution >= 4 is 12.0 Å². The Kier molecular flexibility index (Phi) is 4.96. The van der Waals surface area contributed by atoms with E-state index >= 15 is 0 Å². The molecule has 6 nitrogen and oxygen atoms in total.